The topological polar surface area (TPSA) is 108 Å². The first-order chi connectivity index (χ1) is 14.0. The quantitative estimate of drug-likeness (QED) is 0.604. The summed E-state index contributed by atoms with van der Waals surface area (Å²) in [5, 5.41) is 0.911. The number of likely N-dealkylation sites (tertiary alicyclic amines) is 1. The average molecular weight is 394 g/mol. The molecular formula is C21H22N4O4. The van der Waals surface area contributed by atoms with Crippen molar-refractivity contribution in [1.82, 2.24) is 20.7 Å². The number of pyridine rings is 1. The zero-order valence-corrected chi connectivity index (χ0v) is 15.9. The van der Waals surface area contributed by atoms with E-state index in [4.69, 9.17) is 0 Å². The summed E-state index contributed by atoms with van der Waals surface area (Å²) in [5.74, 6) is -1.80. The molecule has 2 unspecified atom stereocenters. The van der Waals surface area contributed by atoms with E-state index >= 15 is 0 Å². The van der Waals surface area contributed by atoms with Gasteiger partial charge in [-0.15, -0.1) is 0 Å². The number of carbonyl (C=O) groups excluding carboxylic acids is 4. The number of amides is 4. The summed E-state index contributed by atoms with van der Waals surface area (Å²) in [4.78, 5) is 54.6. The molecular weight excluding hydrogens is 372 g/mol. The fourth-order valence-electron chi connectivity index (χ4n) is 4.11. The molecule has 8 heteroatoms. The van der Waals surface area contributed by atoms with E-state index < -0.39 is 11.8 Å². The fraction of sp³-hybridized carbons (Fsp3) is 0.381. The van der Waals surface area contributed by atoms with Gasteiger partial charge in [-0.1, -0.05) is 37.1 Å². The SMILES string of the molecule is O=C(CCN1C(=O)C2CCCCC2C1=O)NNC(=O)c1ccc2ccccc2n1. The molecule has 2 aromatic rings. The van der Waals surface area contributed by atoms with E-state index in [1.807, 2.05) is 18.2 Å². The number of imide groups is 1. The molecule has 29 heavy (non-hydrogen) atoms. The minimum absolute atomic E-state index is 0.0284. The number of nitrogens with one attached hydrogen (secondary N) is 2. The van der Waals surface area contributed by atoms with Crippen LogP contribution in [0.5, 0.6) is 0 Å². The second-order valence-corrected chi connectivity index (χ2v) is 7.47. The van der Waals surface area contributed by atoms with E-state index in [9.17, 15) is 19.2 Å². The van der Waals surface area contributed by atoms with Gasteiger partial charge < -0.3 is 0 Å². The first kappa shape index (κ1) is 19.0. The van der Waals surface area contributed by atoms with Crippen LogP contribution in [0, 0.1) is 11.8 Å². The minimum atomic E-state index is -0.538. The second kappa shape index (κ2) is 7.98. The van der Waals surface area contributed by atoms with E-state index in [0.29, 0.717) is 5.52 Å². The van der Waals surface area contributed by atoms with Crippen LogP contribution in [0.25, 0.3) is 10.9 Å². The van der Waals surface area contributed by atoms with Crippen molar-refractivity contribution in [3.8, 4) is 0 Å². The predicted molar refractivity (Wildman–Crippen MR) is 104 cm³/mol. The fourth-order valence-corrected chi connectivity index (χ4v) is 4.11. The lowest BCUT2D eigenvalue weighted by molar-refractivity contribution is -0.140. The van der Waals surface area contributed by atoms with Crippen LogP contribution in [-0.4, -0.2) is 40.1 Å². The Morgan fingerprint density at radius 2 is 1.66 bits per heavy atom. The molecule has 2 heterocycles. The van der Waals surface area contributed by atoms with Crippen LogP contribution in [0.1, 0.15) is 42.6 Å². The van der Waals surface area contributed by atoms with E-state index in [1.54, 1.807) is 18.2 Å². The molecule has 1 saturated carbocycles. The average Bonchev–Trinajstić information content (AvgIpc) is 3.00. The number of rotatable bonds is 4. The van der Waals surface area contributed by atoms with Crippen molar-refractivity contribution < 1.29 is 19.2 Å². The zero-order valence-electron chi connectivity index (χ0n) is 15.9. The Balaban J connectivity index is 1.29. The van der Waals surface area contributed by atoms with Crippen molar-refractivity contribution in [2.45, 2.75) is 32.1 Å². The molecule has 0 spiro atoms. The molecule has 2 atom stereocenters. The van der Waals surface area contributed by atoms with E-state index in [-0.39, 0.29) is 42.3 Å². The van der Waals surface area contributed by atoms with Crippen molar-refractivity contribution in [2.24, 2.45) is 11.8 Å². The first-order valence-electron chi connectivity index (χ1n) is 9.85. The smallest absolute Gasteiger partial charge is 0.282 e. The van der Waals surface area contributed by atoms with Crippen LogP contribution < -0.4 is 10.9 Å². The van der Waals surface area contributed by atoms with Crippen LogP contribution in [0.15, 0.2) is 36.4 Å². The van der Waals surface area contributed by atoms with Crippen molar-refractivity contribution >= 4 is 34.5 Å². The molecule has 150 valence electrons. The van der Waals surface area contributed by atoms with Crippen molar-refractivity contribution in [3.05, 3.63) is 42.1 Å². The summed E-state index contributed by atoms with van der Waals surface area (Å²) >= 11 is 0. The molecule has 1 saturated heterocycles. The van der Waals surface area contributed by atoms with Crippen LogP contribution in [-0.2, 0) is 14.4 Å². The Hall–Kier alpha value is -3.29. The number of hydrazine groups is 1. The molecule has 1 aliphatic carbocycles. The van der Waals surface area contributed by atoms with Crippen LogP contribution in [0.4, 0.5) is 0 Å². The maximum atomic E-state index is 12.4. The normalized spacial score (nSPS) is 21.2. The lowest BCUT2D eigenvalue weighted by Crippen LogP contribution is -2.43. The molecule has 0 bridgehead atoms. The molecule has 1 aromatic carbocycles. The molecule has 2 N–H and O–H groups in total. The predicted octanol–water partition coefficient (Wildman–Crippen LogP) is 1.56. The molecule has 1 aromatic heterocycles. The standard InChI is InChI=1S/C21H22N4O4/c26-18(11-12-25-20(28)14-6-2-3-7-15(14)21(25)29)23-24-19(27)17-10-9-13-5-1-4-8-16(13)22-17/h1,4-5,8-10,14-15H,2-3,6-7,11-12H2,(H,23,26)(H,24,27). The zero-order chi connectivity index (χ0) is 20.4. The van der Waals surface area contributed by atoms with E-state index in [2.05, 4.69) is 15.8 Å². The summed E-state index contributed by atoms with van der Waals surface area (Å²) in [5.41, 5.74) is 5.50. The van der Waals surface area contributed by atoms with Crippen molar-refractivity contribution in [1.29, 1.82) is 0 Å². The van der Waals surface area contributed by atoms with E-state index in [0.717, 1.165) is 31.1 Å². The molecule has 2 aliphatic rings. The molecule has 4 rings (SSSR count). The third-order valence-electron chi connectivity index (χ3n) is 5.64. The third kappa shape index (κ3) is 3.83. The van der Waals surface area contributed by atoms with Gasteiger partial charge in [-0.05, 0) is 25.0 Å². The number of carbonyl (C=O) groups is 4. The number of aromatic nitrogens is 1. The number of benzene rings is 1. The minimum Gasteiger partial charge on any atom is -0.282 e. The number of hydrogen-bond acceptors (Lipinski definition) is 5. The Kier molecular flexibility index (Phi) is 5.24. The highest BCUT2D eigenvalue weighted by Gasteiger charge is 2.47. The first-order valence-corrected chi connectivity index (χ1v) is 9.85. The highest BCUT2D eigenvalue weighted by molar-refractivity contribution is 6.05. The summed E-state index contributed by atoms with van der Waals surface area (Å²) in [6.45, 7) is 0.0284. The number of para-hydroxylation sites is 1. The van der Waals surface area contributed by atoms with E-state index in [1.165, 1.54) is 4.90 Å². The van der Waals surface area contributed by atoms with Gasteiger partial charge in [0.1, 0.15) is 5.69 Å². The Labute approximate surface area is 167 Å². The van der Waals surface area contributed by atoms with Gasteiger partial charge in [0.2, 0.25) is 17.7 Å². The summed E-state index contributed by atoms with van der Waals surface area (Å²) in [7, 11) is 0. The summed E-state index contributed by atoms with van der Waals surface area (Å²) in [6.07, 6.45) is 3.34. The molecule has 0 radical (unpaired) electrons. The molecule has 8 nitrogen and oxygen atoms in total. The van der Waals surface area contributed by atoms with Crippen LogP contribution in [0.2, 0.25) is 0 Å². The monoisotopic (exact) mass is 394 g/mol. The van der Waals surface area contributed by atoms with Crippen LogP contribution in [0.3, 0.4) is 0 Å². The highest BCUT2D eigenvalue weighted by atomic mass is 16.2. The largest absolute Gasteiger partial charge is 0.288 e. The lowest BCUT2D eigenvalue weighted by Gasteiger charge is -2.19. The van der Waals surface area contributed by atoms with Gasteiger partial charge in [-0.2, -0.15) is 0 Å². The van der Waals surface area contributed by atoms with Gasteiger partial charge in [-0.25, -0.2) is 4.98 Å². The third-order valence-corrected chi connectivity index (χ3v) is 5.64. The van der Waals surface area contributed by atoms with Gasteiger partial charge in [-0.3, -0.25) is 34.9 Å². The van der Waals surface area contributed by atoms with Crippen LogP contribution >= 0.6 is 0 Å². The summed E-state index contributed by atoms with van der Waals surface area (Å²) < 4.78 is 0. The van der Waals surface area contributed by atoms with Crippen molar-refractivity contribution in [3.63, 3.8) is 0 Å². The number of hydrogen-bond donors (Lipinski definition) is 2. The lowest BCUT2D eigenvalue weighted by atomic mass is 9.81. The van der Waals surface area contributed by atoms with Gasteiger partial charge in [0.25, 0.3) is 5.91 Å². The summed E-state index contributed by atoms with van der Waals surface area (Å²) in [6, 6.07) is 10.8. The maximum Gasteiger partial charge on any atom is 0.288 e. The molecule has 1 aliphatic heterocycles. The highest BCUT2D eigenvalue weighted by Crippen LogP contribution is 2.37. The van der Waals surface area contributed by atoms with Gasteiger partial charge in [0.05, 0.1) is 17.4 Å². The Bertz CT molecular complexity index is 966. The number of nitrogens with zero attached hydrogens (tertiary/aromatic N) is 2. The van der Waals surface area contributed by atoms with Gasteiger partial charge >= 0.3 is 0 Å². The van der Waals surface area contributed by atoms with Crippen molar-refractivity contribution in [2.75, 3.05) is 6.54 Å². The van der Waals surface area contributed by atoms with Gasteiger partial charge in [0.15, 0.2) is 0 Å². The number of fused-ring (bicyclic) bond motifs is 2. The molecule has 2 fully saturated rings. The molecule has 4 amide bonds. The Morgan fingerprint density at radius 3 is 2.38 bits per heavy atom. The maximum absolute atomic E-state index is 12.4. The van der Waals surface area contributed by atoms with Gasteiger partial charge in [0, 0.05) is 18.4 Å². The second-order valence-electron chi connectivity index (χ2n) is 7.47. The Morgan fingerprint density at radius 1 is 0.966 bits per heavy atom.